The quantitative estimate of drug-likeness (QED) is 0.844. The number of para-hydroxylation sites is 1. The van der Waals surface area contributed by atoms with E-state index in [4.69, 9.17) is 14.5 Å². The van der Waals surface area contributed by atoms with Crippen LogP contribution in [0.5, 0.6) is 5.75 Å². The van der Waals surface area contributed by atoms with Crippen LogP contribution in [-0.4, -0.2) is 24.8 Å². The Bertz CT molecular complexity index is 576. The molecule has 0 saturated carbocycles. The van der Waals surface area contributed by atoms with Gasteiger partial charge in [0.1, 0.15) is 11.3 Å². The third kappa shape index (κ3) is 2.78. The van der Waals surface area contributed by atoms with E-state index >= 15 is 0 Å². The average Bonchev–Trinajstić information content (AvgIpc) is 2.53. The lowest BCUT2D eigenvalue weighted by Gasteiger charge is -2.22. The number of aromatic nitrogens is 1. The summed E-state index contributed by atoms with van der Waals surface area (Å²) in [4.78, 5) is 4.87. The lowest BCUT2D eigenvalue weighted by Crippen LogP contribution is -2.15. The summed E-state index contributed by atoms with van der Waals surface area (Å²) in [5.41, 5.74) is 2.17. The van der Waals surface area contributed by atoms with Crippen molar-refractivity contribution in [3.05, 3.63) is 36.0 Å². The first-order valence-corrected chi connectivity index (χ1v) is 7.48. The normalized spacial score (nSPS) is 16.4. The lowest BCUT2D eigenvalue weighted by atomic mass is 9.95. The first kappa shape index (κ1) is 13.4. The molecule has 0 bridgehead atoms. The van der Waals surface area contributed by atoms with Crippen molar-refractivity contribution in [2.75, 3.05) is 19.8 Å². The molecule has 2 heterocycles. The van der Waals surface area contributed by atoms with E-state index in [0.29, 0.717) is 5.92 Å². The second kappa shape index (κ2) is 6.23. The fourth-order valence-corrected chi connectivity index (χ4v) is 2.68. The topological polar surface area (TPSA) is 31.4 Å². The molecule has 3 heteroatoms. The molecule has 0 radical (unpaired) electrons. The number of rotatable bonds is 4. The Morgan fingerprint density at radius 3 is 2.85 bits per heavy atom. The van der Waals surface area contributed by atoms with E-state index in [1.165, 1.54) is 5.69 Å². The Morgan fingerprint density at radius 2 is 2.05 bits per heavy atom. The van der Waals surface area contributed by atoms with Crippen molar-refractivity contribution in [1.29, 1.82) is 0 Å². The summed E-state index contributed by atoms with van der Waals surface area (Å²) < 4.78 is 11.3. The molecular formula is C17H21NO2. The first-order chi connectivity index (χ1) is 9.88. The van der Waals surface area contributed by atoms with Gasteiger partial charge in [-0.15, -0.1) is 0 Å². The van der Waals surface area contributed by atoms with Gasteiger partial charge in [0, 0.05) is 30.2 Å². The lowest BCUT2D eigenvalue weighted by molar-refractivity contribution is 0.0845. The van der Waals surface area contributed by atoms with Gasteiger partial charge in [-0.05, 0) is 31.4 Å². The molecule has 0 N–H and O–H groups in total. The number of pyridine rings is 1. The highest BCUT2D eigenvalue weighted by Crippen LogP contribution is 2.30. The minimum Gasteiger partial charge on any atom is -0.491 e. The molecule has 2 aromatic rings. The van der Waals surface area contributed by atoms with Gasteiger partial charge in [0.2, 0.25) is 0 Å². The maximum atomic E-state index is 5.82. The third-order valence-electron chi connectivity index (χ3n) is 3.81. The van der Waals surface area contributed by atoms with Crippen molar-refractivity contribution >= 4 is 10.9 Å². The number of benzene rings is 1. The second-order valence-electron chi connectivity index (χ2n) is 5.30. The maximum Gasteiger partial charge on any atom is 0.145 e. The van der Waals surface area contributed by atoms with Crippen molar-refractivity contribution in [2.24, 2.45) is 0 Å². The number of hydrogen-bond acceptors (Lipinski definition) is 3. The van der Waals surface area contributed by atoms with Crippen LogP contribution in [-0.2, 0) is 4.74 Å². The summed E-state index contributed by atoms with van der Waals surface area (Å²) in [5.74, 6) is 1.42. The smallest absolute Gasteiger partial charge is 0.145 e. The zero-order valence-electron chi connectivity index (χ0n) is 12.0. The summed E-state index contributed by atoms with van der Waals surface area (Å²) >= 11 is 0. The van der Waals surface area contributed by atoms with Crippen molar-refractivity contribution in [1.82, 2.24) is 4.98 Å². The van der Waals surface area contributed by atoms with Crippen molar-refractivity contribution in [2.45, 2.75) is 32.1 Å². The Morgan fingerprint density at radius 1 is 1.20 bits per heavy atom. The average molecular weight is 271 g/mol. The van der Waals surface area contributed by atoms with E-state index in [9.17, 15) is 0 Å². The molecule has 1 aromatic carbocycles. The second-order valence-corrected chi connectivity index (χ2v) is 5.30. The number of nitrogens with zero attached hydrogens (tertiary/aromatic N) is 1. The molecule has 106 valence electrons. The Hall–Kier alpha value is -1.61. The number of ether oxygens (including phenoxy) is 2. The molecule has 20 heavy (non-hydrogen) atoms. The van der Waals surface area contributed by atoms with E-state index in [0.717, 1.165) is 55.7 Å². The minimum atomic E-state index is 0.521. The van der Waals surface area contributed by atoms with Crippen LogP contribution in [0.1, 0.15) is 37.8 Å². The predicted molar refractivity (Wildman–Crippen MR) is 80.3 cm³/mol. The molecule has 3 rings (SSSR count). The molecule has 1 aliphatic rings. The Kier molecular flexibility index (Phi) is 4.16. The maximum absolute atomic E-state index is 5.82. The van der Waals surface area contributed by atoms with Gasteiger partial charge in [0.25, 0.3) is 0 Å². The van der Waals surface area contributed by atoms with Gasteiger partial charge in [0.05, 0.1) is 6.61 Å². The molecule has 1 saturated heterocycles. The van der Waals surface area contributed by atoms with Crippen LogP contribution in [0.25, 0.3) is 10.9 Å². The highest BCUT2D eigenvalue weighted by atomic mass is 16.5. The summed E-state index contributed by atoms with van der Waals surface area (Å²) in [6.45, 7) is 4.55. The van der Waals surface area contributed by atoms with E-state index in [1.807, 2.05) is 12.1 Å². The molecular weight excluding hydrogens is 250 g/mol. The van der Waals surface area contributed by atoms with Crippen LogP contribution < -0.4 is 4.74 Å². The summed E-state index contributed by atoms with van der Waals surface area (Å²) in [6.07, 6.45) is 3.14. The molecule has 0 unspecified atom stereocenters. The van der Waals surface area contributed by atoms with E-state index < -0.39 is 0 Å². The standard InChI is InChI=1S/C17H21NO2/c1-2-10-20-16-5-3-4-14-6-7-15(18-17(14)16)13-8-11-19-12-9-13/h3-7,13H,2,8-12H2,1H3. The van der Waals surface area contributed by atoms with E-state index in [-0.39, 0.29) is 0 Å². The Labute approximate surface area is 119 Å². The molecule has 0 spiro atoms. The van der Waals surface area contributed by atoms with Gasteiger partial charge in [-0.1, -0.05) is 25.1 Å². The molecule has 1 aromatic heterocycles. The number of hydrogen-bond donors (Lipinski definition) is 0. The fraction of sp³-hybridized carbons (Fsp3) is 0.471. The molecule has 0 aliphatic carbocycles. The summed E-state index contributed by atoms with van der Waals surface area (Å²) in [6, 6.07) is 10.4. The fourth-order valence-electron chi connectivity index (χ4n) is 2.68. The van der Waals surface area contributed by atoms with Gasteiger partial charge in [0.15, 0.2) is 0 Å². The monoisotopic (exact) mass is 271 g/mol. The molecule has 0 atom stereocenters. The van der Waals surface area contributed by atoms with Crippen LogP contribution in [0.15, 0.2) is 30.3 Å². The van der Waals surface area contributed by atoms with Crippen molar-refractivity contribution < 1.29 is 9.47 Å². The molecule has 1 fully saturated rings. The SMILES string of the molecule is CCCOc1cccc2ccc(C3CCOCC3)nc12. The Balaban J connectivity index is 1.95. The van der Waals surface area contributed by atoms with Crippen molar-refractivity contribution in [3.63, 3.8) is 0 Å². The highest BCUT2D eigenvalue weighted by Gasteiger charge is 2.18. The van der Waals surface area contributed by atoms with Gasteiger partial charge < -0.3 is 9.47 Å². The minimum absolute atomic E-state index is 0.521. The number of fused-ring (bicyclic) bond motifs is 1. The van der Waals surface area contributed by atoms with Crippen LogP contribution in [0, 0.1) is 0 Å². The zero-order valence-corrected chi connectivity index (χ0v) is 12.0. The van der Waals surface area contributed by atoms with Crippen molar-refractivity contribution in [3.8, 4) is 5.75 Å². The third-order valence-corrected chi connectivity index (χ3v) is 3.81. The predicted octanol–water partition coefficient (Wildman–Crippen LogP) is 3.92. The van der Waals surface area contributed by atoms with Gasteiger partial charge >= 0.3 is 0 Å². The summed E-state index contributed by atoms with van der Waals surface area (Å²) in [5, 5.41) is 1.15. The molecule has 0 amide bonds. The molecule has 3 nitrogen and oxygen atoms in total. The van der Waals surface area contributed by atoms with Crippen LogP contribution in [0.3, 0.4) is 0 Å². The van der Waals surface area contributed by atoms with Crippen LogP contribution >= 0.6 is 0 Å². The highest BCUT2D eigenvalue weighted by molar-refractivity contribution is 5.84. The van der Waals surface area contributed by atoms with Crippen LogP contribution in [0.2, 0.25) is 0 Å². The van der Waals surface area contributed by atoms with E-state index in [2.05, 4.69) is 25.1 Å². The van der Waals surface area contributed by atoms with Crippen LogP contribution in [0.4, 0.5) is 0 Å². The van der Waals surface area contributed by atoms with Gasteiger partial charge in [-0.2, -0.15) is 0 Å². The first-order valence-electron chi connectivity index (χ1n) is 7.48. The van der Waals surface area contributed by atoms with E-state index in [1.54, 1.807) is 0 Å². The largest absolute Gasteiger partial charge is 0.491 e. The van der Waals surface area contributed by atoms with Gasteiger partial charge in [-0.3, -0.25) is 0 Å². The zero-order chi connectivity index (χ0) is 13.8. The van der Waals surface area contributed by atoms with Gasteiger partial charge in [-0.25, -0.2) is 4.98 Å². The molecule has 1 aliphatic heterocycles. The summed E-state index contributed by atoms with van der Waals surface area (Å²) in [7, 11) is 0.